The minimum Gasteiger partial charge on any atom is -0.456 e. The predicted octanol–water partition coefficient (Wildman–Crippen LogP) is 18.1. The molecule has 3 nitrogen and oxygen atoms in total. The van der Waals surface area contributed by atoms with Crippen LogP contribution in [-0.4, -0.2) is 4.57 Å². The summed E-state index contributed by atoms with van der Waals surface area (Å²) in [7, 11) is 0. The van der Waals surface area contributed by atoms with E-state index in [9.17, 15) is 0 Å². The number of fused-ring (bicyclic) bond motifs is 12. The van der Waals surface area contributed by atoms with Crippen molar-refractivity contribution >= 4 is 82.4 Å². The van der Waals surface area contributed by atoms with Gasteiger partial charge in [0.25, 0.3) is 0 Å². The summed E-state index contributed by atoms with van der Waals surface area (Å²) < 4.78 is 9.26. The Morgan fingerprint density at radius 2 is 1.01 bits per heavy atom. The lowest BCUT2D eigenvalue weighted by atomic mass is 9.81. The molecule has 0 unspecified atom stereocenters. The fourth-order valence-corrected chi connectivity index (χ4v) is 11.6. The Bertz CT molecular complexity index is 4160. The third-order valence-electron chi connectivity index (χ3n) is 14.7. The van der Waals surface area contributed by atoms with Gasteiger partial charge in [0.2, 0.25) is 0 Å². The molecule has 1 aliphatic rings. The van der Waals surface area contributed by atoms with Crippen LogP contribution in [0.5, 0.6) is 0 Å². The molecule has 68 heavy (non-hydrogen) atoms. The zero-order chi connectivity index (χ0) is 45.1. The van der Waals surface area contributed by atoms with Crippen molar-refractivity contribution in [3.8, 4) is 39.1 Å². The van der Waals surface area contributed by atoms with Crippen LogP contribution in [0.3, 0.4) is 0 Å². The van der Waals surface area contributed by atoms with E-state index < -0.39 is 0 Å². The smallest absolute Gasteiger partial charge is 0.138 e. The molecule has 320 valence electrons. The number of aromatic nitrogens is 1. The summed E-state index contributed by atoms with van der Waals surface area (Å²) in [5.41, 5.74) is 18.3. The molecule has 11 aromatic carbocycles. The molecule has 1 aliphatic carbocycles. The fourth-order valence-electron chi connectivity index (χ4n) is 11.6. The predicted molar refractivity (Wildman–Crippen MR) is 286 cm³/mol. The number of hydrogen-bond acceptors (Lipinski definition) is 2. The number of benzene rings is 11. The van der Waals surface area contributed by atoms with Crippen LogP contribution in [0.15, 0.2) is 235 Å². The van der Waals surface area contributed by atoms with E-state index in [1.807, 2.05) is 0 Å². The highest BCUT2D eigenvalue weighted by Crippen LogP contribution is 2.53. The van der Waals surface area contributed by atoms with Gasteiger partial charge in [0.15, 0.2) is 0 Å². The lowest BCUT2D eigenvalue weighted by Gasteiger charge is -2.26. The van der Waals surface area contributed by atoms with Crippen LogP contribution in [-0.2, 0) is 5.41 Å². The molecule has 0 aliphatic heterocycles. The van der Waals surface area contributed by atoms with Gasteiger partial charge < -0.3 is 13.9 Å². The third kappa shape index (κ3) is 5.66. The highest BCUT2D eigenvalue weighted by molar-refractivity contribution is 6.27. The Balaban J connectivity index is 1.03. The van der Waals surface area contributed by atoms with E-state index in [0.29, 0.717) is 0 Å². The Kier molecular flexibility index (Phi) is 8.33. The number of hydrogen-bond donors (Lipinski definition) is 0. The number of rotatable bonds is 6. The Labute approximate surface area is 394 Å². The van der Waals surface area contributed by atoms with E-state index >= 15 is 0 Å². The van der Waals surface area contributed by atoms with E-state index in [1.165, 1.54) is 76.8 Å². The molecule has 13 aromatic rings. The number of para-hydroxylation sites is 3. The van der Waals surface area contributed by atoms with Gasteiger partial charge in [-0.05, 0) is 133 Å². The fraction of sp³-hybridized carbons (Fsp3) is 0.0462. The van der Waals surface area contributed by atoms with Crippen LogP contribution in [0.2, 0.25) is 0 Å². The first-order valence-electron chi connectivity index (χ1n) is 23.6. The quantitative estimate of drug-likeness (QED) is 0.155. The van der Waals surface area contributed by atoms with Crippen molar-refractivity contribution < 1.29 is 4.42 Å². The van der Waals surface area contributed by atoms with E-state index in [2.05, 4.69) is 254 Å². The first kappa shape index (κ1) is 38.6. The number of furan rings is 1. The van der Waals surface area contributed by atoms with Crippen LogP contribution in [0.1, 0.15) is 25.0 Å². The van der Waals surface area contributed by atoms with E-state index in [0.717, 1.165) is 55.7 Å². The van der Waals surface area contributed by atoms with Crippen LogP contribution >= 0.6 is 0 Å². The lowest BCUT2D eigenvalue weighted by molar-refractivity contribution is 0.660. The summed E-state index contributed by atoms with van der Waals surface area (Å²) in [4.78, 5) is 2.40. The van der Waals surface area contributed by atoms with E-state index in [-0.39, 0.29) is 5.41 Å². The molecule has 0 amide bonds. The van der Waals surface area contributed by atoms with Crippen molar-refractivity contribution in [1.29, 1.82) is 0 Å². The monoisotopic (exact) mass is 868 g/mol. The molecule has 0 saturated carbocycles. The molecule has 0 atom stereocenters. The SMILES string of the molecule is CC1(C)c2ccccc2-c2ccc(-c3c4c(cc5c3c3cc(N(c6ccccc6)c6ccc(-c7cc8ccccc8c8ccccc78)cc6)ccc3n5-c3ccccc3)oc3ccccc34)cc21. The zero-order valence-corrected chi connectivity index (χ0v) is 37.7. The first-order valence-corrected chi connectivity index (χ1v) is 23.6. The highest BCUT2D eigenvalue weighted by atomic mass is 16.3. The summed E-state index contributed by atoms with van der Waals surface area (Å²) in [5, 5.41) is 9.67. The average Bonchev–Trinajstić information content (AvgIpc) is 4.00. The largest absolute Gasteiger partial charge is 0.456 e. The third-order valence-corrected chi connectivity index (χ3v) is 14.7. The van der Waals surface area contributed by atoms with Crippen molar-refractivity contribution in [2.24, 2.45) is 0 Å². The second kappa shape index (κ2) is 14.7. The van der Waals surface area contributed by atoms with Crippen LogP contribution in [0, 0.1) is 0 Å². The molecule has 0 fully saturated rings. The van der Waals surface area contributed by atoms with Crippen molar-refractivity contribution in [3.63, 3.8) is 0 Å². The van der Waals surface area contributed by atoms with Crippen LogP contribution in [0.4, 0.5) is 17.1 Å². The van der Waals surface area contributed by atoms with Crippen LogP contribution in [0.25, 0.3) is 104 Å². The average molecular weight is 869 g/mol. The molecule has 0 spiro atoms. The first-order chi connectivity index (χ1) is 33.5. The molecule has 0 N–H and O–H groups in total. The van der Waals surface area contributed by atoms with Crippen molar-refractivity contribution in [3.05, 3.63) is 242 Å². The standard InChI is InChI=1S/C65H44N2O/c1-65(2)56-27-15-13-25-51(56)52-35-31-43(38-57(52)65)62-63-55-39-47(34-36-58(55)67(45-20-7-4-8-21-45)59(63)40-61-64(62)53-26-14-16-28-60(53)68-61)66(44-18-5-3-6-19-44)46-32-29-41(30-33-46)54-37-42-17-9-10-22-48(42)49-23-11-12-24-50(49)54/h3-40H,1-2H3. The molecule has 2 aromatic heterocycles. The minimum absolute atomic E-state index is 0.161. The van der Waals surface area contributed by atoms with Gasteiger partial charge >= 0.3 is 0 Å². The molecule has 3 heteroatoms. The second-order valence-corrected chi connectivity index (χ2v) is 18.8. The van der Waals surface area contributed by atoms with Crippen molar-refractivity contribution in [1.82, 2.24) is 4.57 Å². The summed E-state index contributed by atoms with van der Waals surface area (Å²) >= 11 is 0. The number of anilines is 3. The Morgan fingerprint density at radius 1 is 0.382 bits per heavy atom. The molecule has 2 heterocycles. The Hall–Kier alpha value is -8.66. The highest BCUT2D eigenvalue weighted by Gasteiger charge is 2.36. The van der Waals surface area contributed by atoms with Gasteiger partial charge in [-0.2, -0.15) is 0 Å². The maximum atomic E-state index is 6.84. The topological polar surface area (TPSA) is 21.3 Å². The maximum absolute atomic E-state index is 6.84. The molecular formula is C65H44N2O. The lowest BCUT2D eigenvalue weighted by Crippen LogP contribution is -2.14. The van der Waals surface area contributed by atoms with Gasteiger partial charge in [0.05, 0.1) is 11.0 Å². The molecule has 0 saturated heterocycles. The molecule has 14 rings (SSSR count). The van der Waals surface area contributed by atoms with E-state index in [1.54, 1.807) is 0 Å². The van der Waals surface area contributed by atoms with Gasteiger partial charge in [-0.25, -0.2) is 0 Å². The Morgan fingerprint density at radius 3 is 1.84 bits per heavy atom. The number of nitrogens with zero attached hydrogens (tertiary/aromatic N) is 2. The second-order valence-electron chi connectivity index (χ2n) is 18.8. The summed E-state index contributed by atoms with van der Waals surface area (Å²) in [5.74, 6) is 0. The van der Waals surface area contributed by atoms with Gasteiger partial charge in [-0.1, -0.05) is 166 Å². The molecule has 0 bridgehead atoms. The minimum atomic E-state index is -0.161. The normalized spacial score (nSPS) is 13.0. The van der Waals surface area contributed by atoms with Gasteiger partial charge in [0, 0.05) is 61.3 Å². The van der Waals surface area contributed by atoms with E-state index in [4.69, 9.17) is 4.42 Å². The molecule has 0 radical (unpaired) electrons. The van der Waals surface area contributed by atoms with Gasteiger partial charge in [0.1, 0.15) is 11.2 Å². The maximum Gasteiger partial charge on any atom is 0.138 e. The molecular weight excluding hydrogens is 825 g/mol. The van der Waals surface area contributed by atoms with Gasteiger partial charge in [-0.3, -0.25) is 0 Å². The summed E-state index contributed by atoms with van der Waals surface area (Å²) in [6, 6.07) is 84.4. The van der Waals surface area contributed by atoms with Crippen molar-refractivity contribution in [2.45, 2.75) is 19.3 Å². The summed E-state index contributed by atoms with van der Waals surface area (Å²) in [6.45, 7) is 4.74. The van der Waals surface area contributed by atoms with Crippen molar-refractivity contribution in [2.75, 3.05) is 4.90 Å². The zero-order valence-electron chi connectivity index (χ0n) is 37.7. The van der Waals surface area contributed by atoms with Crippen LogP contribution < -0.4 is 4.90 Å². The van der Waals surface area contributed by atoms with Gasteiger partial charge in [-0.15, -0.1) is 0 Å². The summed E-state index contributed by atoms with van der Waals surface area (Å²) in [6.07, 6.45) is 0.